The van der Waals surface area contributed by atoms with Gasteiger partial charge < -0.3 is 102 Å². The third kappa shape index (κ3) is 10.3. The molecule has 20 atom stereocenters. The molecule has 4 heterocycles. The van der Waals surface area contributed by atoms with Crippen LogP contribution >= 0.6 is 0 Å². The Bertz CT molecular complexity index is 1350. The quantitative estimate of drug-likeness (QED) is 0.0671. The molecule has 4 fully saturated rings. The van der Waals surface area contributed by atoms with Gasteiger partial charge in [-0.3, -0.25) is 9.59 Å². The molecule has 0 bridgehead atoms. The molecule has 0 saturated carbocycles. The van der Waals surface area contributed by atoms with Crippen LogP contribution in [0.2, 0.25) is 0 Å². The minimum absolute atomic E-state index is 0.695. The second-order valence-electron chi connectivity index (χ2n) is 13.3. The summed E-state index contributed by atoms with van der Waals surface area (Å²) >= 11 is 0. The summed E-state index contributed by atoms with van der Waals surface area (Å²) in [6.07, 6.45) is -34.5. The summed E-state index contributed by atoms with van der Waals surface area (Å²) in [4.78, 5) is 49.1. The van der Waals surface area contributed by atoms with E-state index in [0.29, 0.717) is 0 Å². The first kappa shape index (κ1) is 46.9. The first-order chi connectivity index (χ1) is 26.9. The van der Waals surface area contributed by atoms with Gasteiger partial charge in [0.05, 0.1) is 6.61 Å². The first-order valence-corrected chi connectivity index (χ1v) is 17.4. The molecule has 0 amide bonds. The fourth-order valence-corrected chi connectivity index (χ4v) is 6.97. The van der Waals surface area contributed by atoms with Crippen molar-refractivity contribution in [3.8, 4) is 0 Å². The third-order valence-electron chi connectivity index (χ3n) is 9.67. The smallest absolute Gasteiger partial charge is 0.335 e. The van der Waals surface area contributed by atoms with Crippen molar-refractivity contribution in [1.82, 2.24) is 0 Å². The normalized spacial score (nSPS) is 43.9. The Hall–Kier alpha value is -2.80. The van der Waals surface area contributed by atoms with Crippen molar-refractivity contribution >= 4 is 23.9 Å². The van der Waals surface area contributed by atoms with Gasteiger partial charge in [0.25, 0.3) is 0 Å². The Labute approximate surface area is 324 Å². The molecule has 25 heteroatoms. The molecule has 0 aromatic carbocycles. The Kier molecular flexibility index (Phi) is 16.8. The highest BCUT2D eigenvalue weighted by Gasteiger charge is 2.59. The van der Waals surface area contributed by atoms with Crippen LogP contribution in [0.5, 0.6) is 0 Å². The van der Waals surface area contributed by atoms with E-state index < -0.39 is 160 Å². The van der Waals surface area contributed by atoms with Crippen LogP contribution in [0.3, 0.4) is 0 Å². The van der Waals surface area contributed by atoms with E-state index in [4.69, 9.17) is 61.6 Å². The van der Waals surface area contributed by atoms with E-state index in [2.05, 4.69) is 0 Å². The third-order valence-corrected chi connectivity index (χ3v) is 9.67. The molecule has 57 heavy (non-hydrogen) atoms. The highest BCUT2D eigenvalue weighted by Crippen LogP contribution is 2.37. The molecule has 4 rings (SSSR count). The Morgan fingerprint density at radius 1 is 0.509 bits per heavy atom. The van der Waals surface area contributed by atoms with Crippen molar-refractivity contribution in [2.24, 2.45) is 0 Å². The van der Waals surface area contributed by atoms with E-state index in [0.717, 1.165) is 35.2 Å². The topological polar surface area (TPSA) is 350 Å². The maximum Gasteiger partial charge on any atom is 0.335 e. The number of hydrogen-bond donors (Lipinski definition) is 8. The van der Waals surface area contributed by atoms with E-state index in [9.17, 15) is 60.0 Å². The van der Waals surface area contributed by atoms with Crippen molar-refractivity contribution in [2.75, 3.05) is 41.7 Å². The molecule has 0 radical (unpaired) electrons. The monoisotopic (exact) mass is 834 g/mol. The number of methoxy groups -OCH3 is 4. The lowest BCUT2D eigenvalue weighted by Crippen LogP contribution is -2.69. The molecule has 4 aliphatic rings. The number of rotatable bonds is 16. The minimum Gasteiger partial charge on any atom is -0.479 e. The van der Waals surface area contributed by atoms with Gasteiger partial charge in [-0.05, 0) is 0 Å². The molecule has 0 aromatic heterocycles. The second kappa shape index (κ2) is 20.4. The predicted octanol–water partition coefficient (Wildman–Crippen LogP) is -5.81. The second-order valence-corrected chi connectivity index (χ2v) is 13.3. The van der Waals surface area contributed by atoms with Gasteiger partial charge in [0.15, 0.2) is 43.5 Å². The van der Waals surface area contributed by atoms with Crippen molar-refractivity contribution in [3.63, 3.8) is 0 Å². The number of ether oxygens (including phenoxy) is 13. The van der Waals surface area contributed by atoms with Crippen molar-refractivity contribution in [2.45, 2.75) is 137 Å². The summed E-state index contributed by atoms with van der Waals surface area (Å²) in [7, 11) is 4.60. The van der Waals surface area contributed by atoms with Crippen LogP contribution in [-0.2, 0) is 80.8 Å². The van der Waals surface area contributed by atoms with Gasteiger partial charge in [-0.1, -0.05) is 0 Å². The first-order valence-electron chi connectivity index (χ1n) is 17.4. The van der Waals surface area contributed by atoms with E-state index in [1.165, 1.54) is 7.11 Å². The van der Waals surface area contributed by atoms with Gasteiger partial charge in [0, 0.05) is 42.3 Å². The van der Waals surface area contributed by atoms with Crippen LogP contribution in [0, 0.1) is 0 Å². The van der Waals surface area contributed by atoms with Gasteiger partial charge >= 0.3 is 23.9 Å². The van der Waals surface area contributed by atoms with Gasteiger partial charge in [-0.25, -0.2) is 9.59 Å². The van der Waals surface area contributed by atoms with Crippen molar-refractivity contribution in [1.29, 1.82) is 0 Å². The highest BCUT2D eigenvalue weighted by molar-refractivity contribution is 5.74. The zero-order valence-corrected chi connectivity index (χ0v) is 31.5. The molecular weight excluding hydrogens is 784 g/mol. The molecule has 8 N–H and O–H groups in total. The summed E-state index contributed by atoms with van der Waals surface area (Å²) in [6, 6.07) is 0. The Balaban J connectivity index is 1.67. The van der Waals surface area contributed by atoms with Gasteiger partial charge in [-0.15, -0.1) is 0 Å². The van der Waals surface area contributed by atoms with Gasteiger partial charge in [0.1, 0.15) is 86.0 Å². The fraction of sp³-hybridized carbons (Fsp3) is 0.875. The number of carbonyl (C=O) groups is 4. The molecule has 4 aliphatic heterocycles. The highest BCUT2D eigenvalue weighted by atomic mass is 16.8. The lowest BCUT2D eigenvalue weighted by atomic mass is 9.95. The fourth-order valence-electron chi connectivity index (χ4n) is 6.97. The van der Waals surface area contributed by atoms with E-state index in [-0.39, 0.29) is 0 Å². The minimum atomic E-state index is -2.08. The summed E-state index contributed by atoms with van der Waals surface area (Å²) in [6.45, 7) is 0.495. The molecule has 0 aliphatic carbocycles. The zero-order chi connectivity index (χ0) is 42.5. The number of carboxylic acid groups (broad SMARTS) is 2. The number of carbonyl (C=O) groups excluding carboxylic acids is 2. The number of aliphatic hydroxyl groups excluding tert-OH is 6. The van der Waals surface area contributed by atoms with Gasteiger partial charge in [-0.2, -0.15) is 0 Å². The zero-order valence-electron chi connectivity index (χ0n) is 31.5. The molecular formula is C32H50O25. The van der Waals surface area contributed by atoms with Crippen LogP contribution in [0.4, 0.5) is 0 Å². The number of aliphatic hydroxyl groups is 6. The largest absolute Gasteiger partial charge is 0.479 e. The Morgan fingerprint density at radius 2 is 1.04 bits per heavy atom. The number of aliphatic carboxylic acids is 2. The number of carboxylic acids is 2. The number of esters is 2. The molecule has 0 spiro atoms. The predicted molar refractivity (Wildman–Crippen MR) is 173 cm³/mol. The maximum atomic E-state index is 12.7. The summed E-state index contributed by atoms with van der Waals surface area (Å²) in [5, 5.41) is 82.9. The van der Waals surface area contributed by atoms with Crippen LogP contribution in [0.25, 0.3) is 0 Å². The summed E-state index contributed by atoms with van der Waals surface area (Å²) in [5.74, 6) is -5.13. The van der Waals surface area contributed by atoms with E-state index >= 15 is 0 Å². The van der Waals surface area contributed by atoms with E-state index in [1.54, 1.807) is 0 Å². The lowest BCUT2D eigenvalue weighted by Gasteiger charge is -2.50. The number of hydrogen-bond acceptors (Lipinski definition) is 23. The van der Waals surface area contributed by atoms with Crippen molar-refractivity contribution < 1.29 is 122 Å². The average molecular weight is 835 g/mol. The summed E-state index contributed by atoms with van der Waals surface area (Å²) in [5.41, 5.74) is 0. The van der Waals surface area contributed by atoms with Crippen LogP contribution in [-0.4, -0.2) is 229 Å². The van der Waals surface area contributed by atoms with Crippen LogP contribution in [0.15, 0.2) is 0 Å². The Morgan fingerprint density at radius 3 is 1.54 bits per heavy atom. The molecule has 25 nitrogen and oxygen atoms in total. The molecule has 8 unspecified atom stereocenters. The van der Waals surface area contributed by atoms with Crippen LogP contribution < -0.4 is 0 Å². The standard InChI is InChI=1S/C32H50O25/c1-9(34)49-8-12-18(54-31-25(47-5)19(45-3)15(38)21(55-31)27(40)41)20(50-10(2)35)16(39)30(52-12)56-23-22(46-4)26(48-6)32(57-24(23)28(42)43)53-17-11(7-33)51-29(44)14(37)13(17)36/h11-26,29-33,36-39,44H,7-8H2,1-6H3,(H,40,41)(H,42,43)/t11?,12-,13+,14?,15-,16?,17+,18+,19-,20?,21?,22?,23-,24+,25?,26?,29+,30+,31+,32+/m0/s1. The van der Waals surface area contributed by atoms with E-state index in [1.807, 2.05) is 0 Å². The maximum absolute atomic E-state index is 12.7. The average Bonchev–Trinajstić information content (AvgIpc) is 3.16. The SMILES string of the molecule is COC1C(OC)[C@H](O[C@H]2O[C@@H](COC(C)=O)[C@@H](O[C@@H]3OC(C(=O)O)[C@@H](O)[C@H](OC)C3OC)C(OC(C)=O)C2O)[C@H](C(=O)O)O[C@H]1O[C@@H]1C(CO)O[C@@H](O)C(O)[C@H]1O. The van der Waals surface area contributed by atoms with Gasteiger partial charge in [0.2, 0.25) is 0 Å². The van der Waals surface area contributed by atoms with Crippen molar-refractivity contribution in [3.05, 3.63) is 0 Å². The summed E-state index contributed by atoms with van der Waals surface area (Å²) < 4.78 is 72.5. The lowest BCUT2D eigenvalue weighted by molar-refractivity contribution is -0.386. The van der Waals surface area contributed by atoms with Crippen LogP contribution in [0.1, 0.15) is 13.8 Å². The molecule has 4 saturated heterocycles. The molecule has 328 valence electrons. The molecule has 0 aromatic rings.